The van der Waals surface area contributed by atoms with Gasteiger partial charge < -0.3 is 10.1 Å². The molecule has 2 rings (SSSR count). The Balaban J connectivity index is 2.39. The molecule has 25 heavy (non-hydrogen) atoms. The number of hydrogen-bond acceptors (Lipinski definition) is 3. The number of carbonyl (C=O) groups is 1. The third-order valence-corrected chi connectivity index (χ3v) is 4.49. The number of nitrogens with one attached hydrogen (secondary N) is 1. The zero-order valence-electron chi connectivity index (χ0n) is 13.1. The standard InChI is InChI=1S/C18H13Br2ClN2O2/c1-2-25-17-11(8-13(19)9-14(17)20)7-12(10-22)18(24)23-16-6-4-3-5-15(16)21/h3-9H,2H2,1H3,(H,23,24)/b12-7+. The lowest BCUT2D eigenvalue weighted by Crippen LogP contribution is -2.13. The molecular formula is C18H13Br2ClN2O2. The van der Waals surface area contributed by atoms with Gasteiger partial charge in [-0.1, -0.05) is 39.7 Å². The van der Waals surface area contributed by atoms with E-state index in [0.717, 1.165) is 8.95 Å². The maximum atomic E-state index is 12.4. The molecule has 1 amide bonds. The van der Waals surface area contributed by atoms with Crippen LogP contribution in [0.2, 0.25) is 5.02 Å². The minimum absolute atomic E-state index is 0.0640. The number of nitrogens with zero attached hydrogens (tertiary/aromatic N) is 1. The maximum Gasteiger partial charge on any atom is 0.266 e. The first kappa shape index (κ1) is 19.5. The number of ether oxygens (including phenoxy) is 1. The fraction of sp³-hybridized carbons (Fsp3) is 0.111. The van der Waals surface area contributed by atoms with Gasteiger partial charge in [0.25, 0.3) is 5.91 Å². The first-order valence-electron chi connectivity index (χ1n) is 7.25. The second-order valence-electron chi connectivity index (χ2n) is 4.84. The number of para-hydroxylation sites is 1. The van der Waals surface area contributed by atoms with E-state index in [-0.39, 0.29) is 5.57 Å². The van der Waals surface area contributed by atoms with E-state index in [1.807, 2.05) is 19.1 Å². The van der Waals surface area contributed by atoms with Crippen molar-refractivity contribution in [3.8, 4) is 11.8 Å². The van der Waals surface area contributed by atoms with Gasteiger partial charge >= 0.3 is 0 Å². The molecule has 2 aromatic rings. The minimum atomic E-state index is -0.547. The van der Waals surface area contributed by atoms with E-state index in [0.29, 0.717) is 28.6 Å². The number of hydrogen-bond donors (Lipinski definition) is 1. The molecule has 0 fully saturated rings. The van der Waals surface area contributed by atoms with Crippen molar-refractivity contribution in [2.75, 3.05) is 11.9 Å². The molecule has 0 saturated heterocycles. The van der Waals surface area contributed by atoms with Crippen molar-refractivity contribution >= 4 is 61.1 Å². The quantitative estimate of drug-likeness (QED) is 0.430. The Morgan fingerprint density at radius 2 is 2.08 bits per heavy atom. The Morgan fingerprint density at radius 3 is 2.72 bits per heavy atom. The Kier molecular flexibility index (Phi) is 7.06. The SMILES string of the molecule is CCOc1c(Br)cc(Br)cc1/C=C(\C#N)C(=O)Nc1ccccc1Cl. The number of carbonyl (C=O) groups excluding carboxylic acids is 1. The van der Waals surface area contributed by atoms with E-state index in [9.17, 15) is 10.1 Å². The molecule has 0 atom stereocenters. The van der Waals surface area contributed by atoms with Crippen molar-refractivity contribution in [3.63, 3.8) is 0 Å². The number of rotatable bonds is 5. The monoisotopic (exact) mass is 482 g/mol. The van der Waals surface area contributed by atoms with Crippen LogP contribution in [-0.4, -0.2) is 12.5 Å². The van der Waals surface area contributed by atoms with Gasteiger partial charge in [0.15, 0.2) is 0 Å². The van der Waals surface area contributed by atoms with E-state index >= 15 is 0 Å². The van der Waals surface area contributed by atoms with Gasteiger partial charge in [-0.05, 0) is 53.2 Å². The molecule has 0 aromatic heterocycles. The van der Waals surface area contributed by atoms with Crippen LogP contribution >= 0.6 is 43.5 Å². The summed E-state index contributed by atoms with van der Waals surface area (Å²) >= 11 is 12.9. The first-order chi connectivity index (χ1) is 12.0. The van der Waals surface area contributed by atoms with Crippen molar-refractivity contribution in [3.05, 3.63) is 61.5 Å². The largest absolute Gasteiger partial charge is 0.492 e. The van der Waals surface area contributed by atoms with Crippen LogP contribution in [0.5, 0.6) is 5.75 Å². The highest BCUT2D eigenvalue weighted by Gasteiger charge is 2.14. The molecule has 0 heterocycles. The molecule has 128 valence electrons. The summed E-state index contributed by atoms with van der Waals surface area (Å²) in [5.74, 6) is 0.0122. The lowest BCUT2D eigenvalue weighted by molar-refractivity contribution is -0.112. The molecule has 0 unspecified atom stereocenters. The fourth-order valence-electron chi connectivity index (χ4n) is 2.04. The topological polar surface area (TPSA) is 62.1 Å². The van der Waals surface area contributed by atoms with Gasteiger partial charge in [-0.15, -0.1) is 0 Å². The van der Waals surface area contributed by atoms with Gasteiger partial charge in [-0.25, -0.2) is 0 Å². The van der Waals surface area contributed by atoms with E-state index in [4.69, 9.17) is 16.3 Å². The van der Waals surface area contributed by atoms with Crippen molar-refractivity contribution in [2.24, 2.45) is 0 Å². The zero-order valence-corrected chi connectivity index (χ0v) is 17.1. The third kappa shape index (κ3) is 5.08. The summed E-state index contributed by atoms with van der Waals surface area (Å²) in [5.41, 5.74) is 0.982. The van der Waals surface area contributed by atoms with Crippen LogP contribution in [0.25, 0.3) is 6.08 Å². The van der Waals surface area contributed by atoms with E-state index in [1.54, 1.807) is 30.3 Å². The Bertz CT molecular complexity index is 876. The normalized spacial score (nSPS) is 10.9. The molecule has 4 nitrogen and oxygen atoms in total. The van der Waals surface area contributed by atoms with E-state index in [2.05, 4.69) is 37.2 Å². The maximum absolute atomic E-state index is 12.4. The zero-order chi connectivity index (χ0) is 18.4. The number of benzene rings is 2. The van der Waals surface area contributed by atoms with Gasteiger partial charge in [0.1, 0.15) is 17.4 Å². The fourth-order valence-corrected chi connectivity index (χ4v) is 3.60. The van der Waals surface area contributed by atoms with Gasteiger partial charge in [0.05, 0.1) is 21.8 Å². The lowest BCUT2D eigenvalue weighted by Gasteiger charge is -2.11. The summed E-state index contributed by atoms with van der Waals surface area (Å²) in [6.07, 6.45) is 1.48. The first-order valence-corrected chi connectivity index (χ1v) is 9.22. The average molecular weight is 485 g/mol. The molecule has 0 aliphatic heterocycles. The van der Waals surface area contributed by atoms with Crippen LogP contribution in [0.15, 0.2) is 50.9 Å². The van der Waals surface area contributed by atoms with Crippen molar-refractivity contribution in [1.29, 1.82) is 5.26 Å². The highest BCUT2D eigenvalue weighted by molar-refractivity contribution is 9.11. The second kappa shape index (κ2) is 9.04. The van der Waals surface area contributed by atoms with Crippen LogP contribution in [0.1, 0.15) is 12.5 Å². The number of amides is 1. The van der Waals surface area contributed by atoms with Crippen molar-refractivity contribution in [2.45, 2.75) is 6.92 Å². The molecule has 0 bridgehead atoms. The molecule has 2 aromatic carbocycles. The molecule has 0 saturated carbocycles. The third-order valence-electron chi connectivity index (χ3n) is 3.11. The van der Waals surface area contributed by atoms with Crippen molar-refractivity contribution < 1.29 is 9.53 Å². The minimum Gasteiger partial charge on any atom is -0.492 e. The van der Waals surface area contributed by atoms with Crippen LogP contribution in [0.4, 0.5) is 5.69 Å². The molecule has 0 spiro atoms. The summed E-state index contributed by atoms with van der Waals surface area (Å²) in [4.78, 5) is 12.4. The highest BCUT2D eigenvalue weighted by atomic mass is 79.9. The average Bonchev–Trinajstić information content (AvgIpc) is 2.57. The summed E-state index contributed by atoms with van der Waals surface area (Å²) in [6, 6.07) is 12.3. The number of halogens is 3. The predicted molar refractivity (Wildman–Crippen MR) is 107 cm³/mol. The van der Waals surface area contributed by atoms with Gasteiger partial charge in [0, 0.05) is 10.0 Å². The van der Waals surface area contributed by atoms with Gasteiger partial charge in [0.2, 0.25) is 0 Å². The second-order valence-corrected chi connectivity index (χ2v) is 7.02. The Labute approximate surface area is 167 Å². The molecule has 0 aliphatic carbocycles. The van der Waals surface area contributed by atoms with E-state index in [1.165, 1.54) is 6.08 Å². The van der Waals surface area contributed by atoms with Gasteiger partial charge in [-0.3, -0.25) is 4.79 Å². The molecule has 0 aliphatic rings. The van der Waals surface area contributed by atoms with Crippen LogP contribution in [-0.2, 0) is 4.79 Å². The number of anilines is 1. The van der Waals surface area contributed by atoms with Crippen LogP contribution < -0.4 is 10.1 Å². The van der Waals surface area contributed by atoms with Gasteiger partial charge in [-0.2, -0.15) is 5.26 Å². The summed E-state index contributed by atoms with van der Waals surface area (Å²) in [6.45, 7) is 2.31. The highest BCUT2D eigenvalue weighted by Crippen LogP contribution is 2.34. The van der Waals surface area contributed by atoms with Crippen LogP contribution in [0.3, 0.4) is 0 Å². The summed E-state index contributed by atoms with van der Waals surface area (Å²) < 4.78 is 7.12. The van der Waals surface area contributed by atoms with E-state index < -0.39 is 5.91 Å². The van der Waals surface area contributed by atoms with Crippen LogP contribution in [0, 0.1) is 11.3 Å². The molecule has 0 radical (unpaired) electrons. The number of nitriles is 1. The molecular weight excluding hydrogens is 471 g/mol. The smallest absolute Gasteiger partial charge is 0.266 e. The van der Waals surface area contributed by atoms with Crippen molar-refractivity contribution in [1.82, 2.24) is 0 Å². The Hall–Kier alpha value is -1.81. The summed E-state index contributed by atoms with van der Waals surface area (Å²) in [5, 5.41) is 12.4. The predicted octanol–water partition coefficient (Wildman–Crippen LogP) is 5.81. The Morgan fingerprint density at radius 1 is 1.36 bits per heavy atom. The molecule has 1 N–H and O–H groups in total. The summed E-state index contributed by atoms with van der Waals surface area (Å²) in [7, 11) is 0. The molecule has 7 heteroatoms. The lowest BCUT2D eigenvalue weighted by atomic mass is 10.1.